The Morgan fingerprint density at radius 2 is 1.83 bits per heavy atom. The summed E-state index contributed by atoms with van der Waals surface area (Å²) in [6.07, 6.45) is 6.33. The fourth-order valence-electron chi connectivity index (χ4n) is 4.24. The fraction of sp³-hybridized carbons (Fsp3) is 0.500. The molecule has 0 aliphatic carbocycles. The number of alkyl carbamates (subject to hydrolysis) is 1. The molecule has 1 fully saturated rings. The Balaban J connectivity index is 1.72. The van der Waals surface area contributed by atoms with Crippen LogP contribution in [0.1, 0.15) is 51.2 Å². The van der Waals surface area contributed by atoms with Crippen LogP contribution in [0.2, 0.25) is 0 Å². The van der Waals surface area contributed by atoms with Crippen LogP contribution in [0.25, 0.3) is 0 Å². The molecule has 0 bridgehead atoms. The molecule has 1 unspecified atom stereocenters. The summed E-state index contributed by atoms with van der Waals surface area (Å²) in [5.41, 5.74) is 2.57. The van der Waals surface area contributed by atoms with Crippen molar-refractivity contribution in [1.29, 1.82) is 0 Å². The van der Waals surface area contributed by atoms with Crippen LogP contribution in [0, 0.1) is 5.92 Å². The van der Waals surface area contributed by atoms with Crippen LogP contribution in [0.5, 0.6) is 0 Å². The second-order valence-corrected chi connectivity index (χ2v) is 8.29. The van der Waals surface area contributed by atoms with Crippen molar-refractivity contribution < 1.29 is 9.53 Å². The van der Waals surface area contributed by atoms with Gasteiger partial charge in [0, 0.05) is 30.9 Å². The van der Waals surface area contributed by atoms with Crippen LogP contribution in [-0.4, -0.2) is 41.8 Å². The number of nitrogens with zero attached hydrogens (tertiary/aromatic N) is 2. The minimum atomic E-state index is -0.322. The van der Waals surface area contributed by atoms with Gasteiger partial charge in [0.25, 0.3) is 0 Å². The molecule has 1 aromatic carbocycles. The summed E-state index contributed by atoms with van der Waals surface area (Å²) >= 11 is 0. The van der Waals surface area contributed by atoms with Crippen molar-refractivity contribution in [2.45, 2.75) is 51.6 Å². The van der Waals surface area contributed by atoms with Gasteiger partial charge in [0.05, 0.1) is 12.8 Å². The van der Waals surface area contributed by atoms with Crippen LogP contribution in [0.4, 0.5) is 4.79 Å². The Labute approximate surface area is 174 Å². The zero-order valence-electron chi connectivity index (χ0n) is 17.8. The molecule has 0 spiro atoms. The van der Waals surface area contributed by atoms with E-state index in [4.69, 9.17) is 4.74 Å². The van der Waals surface area contributed by atoms with E-state index in [1.807, 2.05) is 32.3 Å². The summed E-state index contributed by atoms with van der Waals surface area (Å²) in [7, 11) is 0. The quantitative estimate of drug-likeness (QED) is 0.745. The van der Waals surface area contributed by atoms with E-state index in [9.17, 15) is 4.79 Å². The summed E-state index contributed by atoms with van der Waals surface area (Å²) in [5, 5.41) is 3.05. The first-order valence-electron chi connectivity index (χ1n) is 10.7. The van der Waals surface area contributed by atoms with Gasteiger partial charge in [0.1, 0.15) is 0 Å². The fourth-order valence-corrected chi connectivity index (χ4v) is 4.24. The van der Waals surface area contributed by atoms with E-state index in [-0.39, 0.29) is 17.7 Å². The van der Waals surface area contributed by atoms with Crippen molar-refractivity contribution >= 4 is 6.09 Å². The molecule has 1 amide bonds. The minimum Gasteiger partial charge on any atom is -0.449 e. The molecule has 0 radical (unpaired) electrons. The van der Waals surface area contributed by atoms with E-state index in [0.29, 0.717) is 12.5 Å². The highest BCUT2D eigenvalue weighted by Crippen LogP contribution is 2.41. The maximum absolute atomic E-state index is 12.2. The first-order chi connectivity index (χ1) is 14.0. The third-order valence-corrected chi connectivity index (χ3v) is 5.85. The number of ether oxygens (including phenoxy) is 1. The number of benzene rings is 1. The van der Waals surface area contributed by atoms with Gasteiger partial charge in [-0.05, 0) is 42.4 Å². The van der Waals surface area contributed by atoms with E-state index < -0.39 is 0 Å². The standard InChI is InChI=1S/C24H33N3O2/c1-4-22(26-23(28)29-18-19(2)3)27-15-12-24(13-16-27,20-9-6-5-7-10-20)21-11-8-14-25-17-21/h5-11,14,17,19,22H,4,12-13,15-16,18H2,1-3H3,(H,26,28). The predicted molar refractivity (Wildman–Crippen MR) is 116 cm³/mol. The average molecular weight is 396 g/mol. The van der Waals surface area contributed by atoms with Crippen molar-refractivity contribution in [3.8, 4) is 0 Å². The Bertz CT molecular complexity index is 715. The topological polar surface area (TPSA) is 54.5 Å². The maximum atomic E-state index is 12.2. The van der Waals surface area contributed by atoms with Crippen molar-refractivity contribution in [2.24, 2.45) is 5.92 Å². The molecule has 2 heterocycles. The Morgan fingerprint density at radius 3 is 2.41 bits per heavy atom. The molecule has 5 heteroatoms. The number of hydrogen-bond donors (Lipinski definition) is 1. The molecule has 1 aromatic heterocycles. The Morgan fingerprint density at radius 1 is 1.14 bits per heavy atom. The zero-order chi connectivity index (χ0) is 20.7. The van der Waals surface area contributed by atoms with Gasteiger partial charge < -0.3 is 10.1 Å². The van der Waals surface area contributed by atoms with Crippen LogP contribution in [0.3, 0.4) is 0 Å². The second-order valence-electron chi connectivity index (χ2n) is 8.29. The second kappa shape index (κ2) is 9.88. The predicted octanol–water partition coefficient (Wildman–Crippen LogP) is 4.58. The Kier molecular flexibility index (Phi) is 7.26. The summed E-state index contributed by atoms with van der Waals surface area (Å²) < 4.78 is 5.32. The van der Waals surface area contributed by atoms with Gasteiger partial charge in [-0.3, -0.25) is 9.88 Å². The highest BCUT2D eigenvalue weighted by atomic mass is 16.5. The van der Waals surface area contributed by atoms with Gasteiger partial charge in [-0.1, -0.05) is 57.2 Å². The molecule has 5 nitrogen and oxygen atoms in total. The Hall–Kier alpha value is -2.40. The van der Waals surface area contributed by atoms with Crippen LogP contribution in [0.15, 0.2) is 54.9 Å². The molecule has 0 saturated carbocycles. The third-order valence-electron chi connectivity index (χ3n) is 5.85. The molecule has 156 valence electrons. The molecule has 1 saturated heterocycles. The van der Waals surface area contributed by atoms with E-state index >= 15 is 0 Å². The molecule has 3 rings (SSSR count). The molecule has 29 heavy (non-hydrogen) atoms. The molecular weight excluding hydrogens is 362 g/mol. The highest BCUT2D eigenvalue weighted by Gasteiger charge is 2.39. The lowest BCUT2D eigenvalue weighted by molar-refractivity contribution is 0.0833. The van der Waals surface area contributed by atoms with Crippen LogP contribution < -0.4 is 5.32 Å². The van der Waals surface area contributed by atoms with Gasteiger partial charge in [-0.2, -0.15) is 0 Å². The van der Waals surface area contributed by atoms with Crippen molar-refractivity contribution in [3.63, 3.8) is 0 Å². The number of pyridine rings is 1. The minimum absolute atomic E-state index is 0.00247. The van der Waals surface area contributed by atoms with Gasteiger partial charge in [-0.15, -0.1) is 0 Å². The van der Waals surface area contributed by atoms with Crippen molar-refractivity contribution in [2.75, 3.05) is 19.7 Å². The van der Waals surface area contributed by atoms with Crippen LogP contribution in [-0.2, 0) is 10.2 Å². The number of carbonyl (C=O) groups is 1. The lowest BCUT2D eigenvalue weighted by atomic mass is 9.68. The first kappa shape index (κ1) is 21.3. The molecule has 1 atom stereocenters. The number of piperidine rings is 1. The zero-order valence-corrected chi connectivity index (χ0v) is 17.8. The third kappa shape index (κ3) is 5.15. The van der Waals surface area contributed by atoms with Gasteiger partial charge in [0.15, 0.2) is 0 Å². The van der Waals surface area contributed by atoms with E-state index in [1.165, 1.54) is 11.1 Å². The average Bonchev–Trinajstić information content (AvgIpc) is 2.77. The number of amides is 1. The smallest absolute Gasteiger partial charge is 0.408 e. The largest absolute Gasteiger partial charge is 0.449 e. The van der Waals surface area contributed by atoms with Gasteiger partial charge in [0.2, 0.25) is 0 Å². The van der Waals surface area contributed by atoms with Crippen molar-refractivity contribution in [1.82, 2.24) is 15.2 Å². The number of carbonyl (C=O) groups excluding carboxylic acids is 1. The van der Waals surface area contributed by atoms with Gasteiger partial charge >= 0.3 is 6.09 Å². The van der Waals surface area contributed by atoms with Gasteiger partial charge in [-0.25, -0.2) is 4.79 Å². The SMILES string of the molecule is CCC(NC(=O)OCC(C)C)N1CCC(c2ccccc2)(c2cccnc2)CC1. The van der Waals surface area contributed by atoms with E-state index in [2.05, 4.69) is 58.5 Å². The summed E-state index contributed by atoms with van der Waals surface area (Å²) in [6.45, 7) is 8.45. The molecule has 1 N–H and O–H groups in total. The number of rotatable bonds is 7. The number of nitrogens with one attached hydrogen (secondary N) is 1. The van der Waals surface area contributed by atoms with Crippen molar-refractivity contribution in [3.05, 3.63) is 66.0 Å². The lowest BCUT2D eigenvalue weighted by Crippen LogP contribution is -2.53. The summed E-state index contributed by atoms with van der Waals surface area (Å²) in [6, 6.07) is 14.9. The first-order valence-corrected chi connectivity index (χ1v) is 10.7. The molecule has 1 aliphatic heterocycles. The summed E-state index contributed by atoms with van der Waals surface area (Å²) in [5.74, 6) is 0.335. The number of aromatic nitrogens is 1. The monoisotopic (exact) mass is 395 g/mol. The normalized spacial score (nSPS) is 17.7. The van der Waals surface area contributed by atoms with E-state index in [1.54, 1.807) is 0 Å². The maximum Gasteiger partial charge on any atom is 0.408 e. The molecule has 2 aromatic rings. The number of hydrogen-bond acceptors (Lipinski definition) is 4. The molecule has 1 aliphatic rings. The van der Waals surface area contributed by atoms with Crippen LogP contribution >= 0.6 is 0 Å². The van der Waals surface area contributed by atoms with E-state index in [0.717, 1.165) is 32.4 Å². The molecular formula is C24H33N3O2. The number of likely N-dealkylation sites (tertiary alicyclic amines) is 1. The summed E-state index contributed by atoms with van der Waals surface area (Å²) in [4.78, 5) is 18.9. The lowest BCUT2D eigenvalue weighted by Gasteiger charge is -2.45. The highest BCUT2D eigenvalue weighted by molar-refractivity contribution is 5.67.